The topological polar surface area (TPSA) is 82.1 Å². The van der Waals surface area contributed by atoms with Crippen LogP contribution in [-0.4, -0.2) is 59.7 Å². The Morgan fingerprint density at radius 2 is 1.92 bits per heavy atom. The number of piperidine rings is 1. The van der Waals surface area contributed by atoms with Crippen molar-refractivity contribution in [3.63, 3.8) is 0 Å². The summed E-state index contributed by atoms with van der Waals surface area (Å²) in [4.78, 5) is 43.5. The quantitative estimate of drug-likeness (QED) is 0.461. The number of cyclic esters (lactones) is 1. The number of nitrogens with zero attached hydrogens (tertiary/aromatic N) is 1. The van der Waals surface area contributed by atoms with Crippen molar-refractivity contribution in [3.8, 4) is 0 Å². The summed E-state index contributed by atoms with van der Waals surface area (Å²) < 4.78 is 19.8. The van der Waals surface area contributed by atoms with E-state index in [2.05, 4.69) is 18.7 Å². The molecule has 5 aliphatic heterocycles. The average molecular weight is 510 g/mol. The lowest BCUT2D eigenvalue weighted by atomic mass is 9.34. The van der Waals surface area contributed by atoms with Gasteiger partial charge in [-0.3, -0.25) is 14.4 Å². The van der Waals surface area contributed by atoms with Gasteiger partial charge < -0.3 is 14.2 Å². The number of ketones is 2. The molecule has 37 heavy (non-hydrogen) atoms. The highest BCUT2D eigenvalue weighted by Crippen LogP contribution is 2.80. The van der Waals surface area contributed by atoms with Crippen molar-refractivity contribution in [1.29, 1.82) is 0 Å². The SMILES string of the molecule is CC1=CC(=O)[C@@H]2[C@@H](C1)[C@]13CO[C@@]4(C1)N1C[C@H]5C[C@H](C)C[C@]1(CC[C@@]4(C)[C@]1(COC(=O)C1)[C@H]3C(=O)[C@@H]2C)O5. The molecule has 0 amide bonds. The molecule has 5 saturated heterocycles. The summed E-state index contributed by atoms with van der Waals surface area (Å²) in [5.74, 6) is -0.311. The molecule has 0 N–H and O–H groups in total. The van der Waals surface area contributed by atoms with Crippen molar-refractivity contribution in [2.75, 3.05) is 19.8 Å². The maximum absolute atomic E-state index is 14.5. The number of esters is 1. The third kappa shape index (κ3) is 2.38. The zero-order valence-electron chi connectivity index (χ0n) is 22.5. The van der Waals surface area contributed by atoms with Crippen LogP contribution in [0.1, 0.15) is 72.6 Å². The van der Waals surface area contributed by atoms with Crippen LogP contribution in [0.15, 0.2) is 11.6 Å². The maximum atomic E-state index is 14.5. The summed E-state index contributed by atoms with van der Waals surface area (Å²) in [6.45, 7) is 10.2. The van der Waals surface area contributed by atoms with Crippen LogP contribution in [-0.2, 0) is 28.6 Å². The predicted octanol–water partition coefficient (Wildman–Crippen LogP) is 3.65. The molecule has 0 radical (unpaired) electrons. The van der Waals surface area contributed by atoms with Gasteiger partial charge in [0.25, 0.3) is 0 Å². The van der Waals surface area contributed by atoms with Gasteiger partial charge in [0, 0.05) is 40.5 Å². The van der Waals surface area contributed by atoms with Crippen LogP contribution in [0.25, 0.3) is 0 Å². The minimum Gasteiger partial charge on any atom is -0.465 e. The second-order valence-corrected chi connectivity index (χ2v) is 14.5. The Balaban J connectivity index is 1.37. The standard InChI is InChI=1S/C30H39NO6/c1-16-8-20-23(21(32)9-16)18(3)24(34)25-27(20)13-30(36-14-27)26(4,28(25)11-22(33)35-15-28)5-6-29-10-17(2)7-19(37-29)12-31(29)30/h9,17-20,23,25H,5-8,10-15H2,1-4H3/t17-,18+,19+,20+,23-,25-,26-,27+,28+,29-,30+/m0/s1. The third-order valence-electron chi connectivity index (χ3n) is 12.9. The molecule has 7 heteroatoms. The second kappa shape index (κ2) is 6.76. The van der Waals surface area contributed by atoms with E-state index in [0.717, 1.165) is 50.6 Å². The van der Waals surface area contributed by atoms with E-state index < -0.39 is 22.0 Å². The van der Waals surface area contributed by atoms with Crippen LogP contribution in [0.3, 0.4) is 0 Å². The van der Waals surface area contributed by atoms with E-state index in [4.69, 9.17) is 14.2 Å². The van der Waals surface area contributed by atoms with Gasteiger partial charge in [0.1, 0.15) is 17.2 Å². The van der Waals surface area contributed by atoms with Crippen molar-refractivity contribution < 1.29 is 28.6 Å². The highest BCUT2D eigenvalue weighted by atomic mass is 16.6. The molecule has 7 fully saturated rings. The monoisotopic (exact) mass is 509 g/mol. The summed E-state index contributed by atoms with van der Waals surface area (Å²) in [6, 6.07) is 0. The van der Waals surface area contributed by atoms with Gasteiger partial charge in [-0.1, -0.05) is 26.3 Å². The largest absolute Gasteiger partial charge is 0.465 e. The van der Waals surface area contributed by atoms with Gasteiger partial charge >= 0.3 is 5.97 Å². The molecule has 2 saturated carbocycles. The van der Waals surface area contributed by atoms with Crippen molar-refractivity contribution in [2.45, 2.75) is 90.2 Å². The molecule has 8 aliphatic rings. The molecule has 0 aromatic rings. The normalized spacial score (nSPS) is 57.9. The lowest BCUT2D eigenvalue weighted by Crippen LogP contribution is -2.78. The van der Waals surface area contributed by atoms with Gasteiger partial charge in [-0.05, 0) is 63.4 Å². The Bertz CT molecular complexity index is 1180. The Morgan fingerprint density at radius 3 is 2.68 bits per heavy atom. The van der Waals surface area contributed by atoms with Crippen LogP contribution in [0, 0.1) is 45.8 Å². The number of rotatable bonds is 0. The van der Waals surface area contributed by atoms with Gasteiger partial charge in [0.05, 0.1) is 25.7 Å². The van der Waals surface area contributed by atoms with Gasteiger partial charge in [0.15, 0.2) is 5.78 Å². The molecule has 4 spiro atoms. The fourth-order valence-electron chi connectivity index (χ4n) is 11.7. The van der Waals surface area contributed by atoms with Crippen molar-refractivity contribution in [1.82, 2.24) is 4.90 Å². The third-order valence-corrected chi connectivity index (χ3v) is 12.9. The first-order valence-electron chi connectivity index (χ1n) is 14.5. The maximum Gasteiger partial charge on any atom is 0.306 e. The van der Waals surface area contributed by atoms with E-state index in [1.807, 2.05) is 13.8 Å². The van der Waals surface area contributed by atoms with Crippen LogP contribution in [0.2, 0.25) is 0 Å². The van der Waals surface area contributed by atoms with Gasteiger partial charge in [0.2, 0.25) is 0 Å². The van der Waals surface area contributed by atoms with Crippen LogP contribution >= 0.6 is 0 Å². The number of allylic oxidation sites excluding steroid dienone is 2. The van der Waals surface area contributed by atoms with E-state index in [9.17, 15) is 14.4 Å². The van der Waals surface area contributed by atoms with Crippen LogP contribution in [0.5, 0.6) is 0 Å². The van der Waals surface area contributed by atoms with Crippen LogP contribution < -0.4 is 0 Å². The number of hydrogen-bond acceptors (Lipinski definition) is 7. The first-order valence-corrected chi connectivity index (χ1v) is 14.5. The first kappa shape index (κ1) is 23.3. The highest BCUT2D eigenvalue weighted by molar-refractivity contribution is 6.00. The molecule has 4 bridgehead atoms. The second-order valence-electron chi connectivity index (χ2n) is 14.5. The number of hydrogen-bond donors (Lipinski definition) is 0. The summed E-state index contributed by atoms with van der Waals surface area (Å²) in [5, 5.41) is 0. The van der Waals surface area contributed by atoms with Gasteiger partial charge in [-0.25, -0.2) is 4.90 Å². The van der Waals surface area contributed by atoms with Gasteiger partial charge in [-0.15, -0.1) is 0 Å². The number of carbonyl (C=O) groups excluding carboxylic acids is 3. The minimum absolute atomic E-state index is 0.0406. The summed E-state index contributed by atoms with van der Waals surface area (Å²) in [6.07, 6.45) is 7.57. The lowest BCUT2D eigenvalue weighted by Gasteiger charge is -2.71. The molecule has 200 valence electrons. The smallest absolute Gasteiger partial charge is 0.306 e. The van der Waals surface area contributed by atoms with E-state index in [1.165, 1.54) is 0 Å². The number of carbonyl (C=O) groups is 3. The molecule has 7 nitrogen and oxygen atoms in total. The molecule has 11 atom stereocenters. The van der Waals surface area contributed by atoms with Crippen molar-refractivity contribution in [3.05, 3.63) is 11.6 Å². The Hall–Kier alpha value is -1.57. The summed E-state index contributed by atoms with van der Waals surface area (Å²) in [7, 11) is 0. The van der Waals surface area contributed by atoms with E-state index in [0.29, 0.717) is 12.5 Å². The molecular formula is C30H39NO6. The van der Waals surface area contributed by atoms with Crippen molar-refractivity contribution >= 4 is 17.5 Å². The lowest BCUT2D eigenvalue weighted by molar-refractivity contribution is -0.334. The predicted molar refractivity (Wildman–Crippen MR) is 132 cm³/mol. The van der Waals surface area contributed by atoms with Gasteiger partial charge in [-0.2, -0.15) is 0 Å². The van der Waals surface area contributed by atoms with E-state index in [-0.39, 0.29) is 66.1 Å². The van der Waals surface area contributed by atoms with Crippen LogP contribution in [0.4, 0.5) is 0 Å². The minimum atomic E-state index is -0.628. The van der Waals surface area contributed by atoms with E-state index >= 15 is 0 Å². The highest BCUT2D eigenvalue weighted by Gasteiger charge is 2.85. The summed E-state index contributed by atoms with van der Waals surface area (Å²) in [5.41, 5.74) is -1.41. The molecule has 8 rings (SSSR count). The Kier molecular flexibility index (Phi) is 4.26. The number of Topliss-reactive ketones (excluding diaryl/α,β-unsaturated/α-hetero) is 1. The Morgan fingerprint density at radius 1 is 1.11 bits per heavy atom. The molecule has 0 unspecified atom stereocenters. The first-order chi connectivity index (χ1) is 17.5. The zero-order valence-corrected chi connectivity index (χ0v) is 22.5. The molecule has 0 aromatic carbocycles. The number of ether oxygens (including phenoxy) is 3. The molecule has 0 aromatic heterocycles. The van der Waals surface area contributed by atoms with E-state index in [1.54, 1.807) is 6.08 Å². The number of fused-ring (bicyclic) bond motifs is 4. The summed E-state index contributed by atoms with van der Waals surface area (Å²) >= 11 is 0. The Labute approximate surface area is 218 Å². The molecule has 3 aliphatic carbocycles. The molecule has 5 heterocycles. The average Bonchev–Trinajstić information content (AvgIpc) is 3.48. The molecular weight excluding hydrogens is 470 g/mol. The zero-order chi connectivity index (χ0) is 25.8. The fraction of sp³-hybridized carbons (Fsp3) is 0.833. The van der Waals surface area contributed by atoms with Crippen molar-refractivity contribution in [2.24, 2.45) is 45.8 Å². The fourth-order valence-corrected chi connectivity index (χ4v) is 11.7.